The van der Waals surface area contributed by atoms with Crippen molar-refractivity contribution in [2.75, 3.05) is 11.6 Å². The molecule has 7 heteroatoms. The lowest BCUT2D eigenvalue weighted by Gasteiger charge is -2.10. The molecule has 0 amide bonds. The number of thiocarbonyl (C=S) groups is 1. The highest BCUT2D eigenvalue weighted by atomic mass is 35.5. The van der Waals surface area contributed by atoms with Gasteiger partial charge in [-0.1, -0.05) is 41.9 Å². The fourth-order valence-corrected chi connectivity index (χ4v) is 3.47. The van der Waals surface area contributed by atoms with E-state index in [0.29, 0.717) is 11.7 Å². The number of nitrogens with one attached hydrogen (secondary N) is 2. The second kappa shape index (κ2) is 9.60. The van der Waals surface area contributed by atoms with Crippen molar-refractivity contribution >= 4 is 52.6 Å². The summed E-state index contributed by atoms with van der Waals surface area (Å²) in [5, 5.41) is 8.61. The fraction of sp³-hybridized carbons (Fsp3) is 0.100. The number of hydrogen-bond donors (Lipinski definition) is 2. The lowest BCUT2D eigenvalue weighted by atomic mass is 10.2. The quantitative estimate of drug-likeness (QED) is 0.251. The summed E-state index contributed by atoms with van der Waals surface area (Å²) in [6, 6.07) is 19.8. The average molecular weight is 415 g/mol. The summed E-state index contributed by atoms with van der Waals surface area (Å²) in [4.78, 5) is 1.12. The number of anilines is 1. The normalized spacial score (nSPS) is 10.9. The van der Waals surface area contributed by atoms with Gasteiger partial charge >= 0.3 is 0 Å². The lowest BCUT2D eigenvalue weighted by Crippen LogP contribution is -2.24. The molecule has 3 aromatic rings. The molecule has 0 aliphatic rings. The summed E-state index contributed by atoms with van der Waals surface area (Å²) >= 11 is 13.2. The summed E-state index contributed by atoms with van der Waals surface area (Å²) in [6.07, 6.45) is 5.77. The van der Waals surface area contributed by atoms with Crippen LogP contribution in [0.3, 0.4) is 0 Å². The van der Waals surface area contributed by atoms with Gasteiger partial charge in [0.1, 0.15) is 0 Å². The number of benzene rings is 2. The summed E-state index contributed by atoms with van der Waals surface area (Å²) in [6.45, 7) is 0.678. The van der Waals surface area contributed by atoms with Crippen molar-refractivity contribution in [3.8, 4) is 0 Å². The molecular weight excluding hydrogens is 396 g/mol. The van der Waals surface area contributed by atoms with Crippen LogP contribution in [-0.4, -0.2) is 22.1 Å². The largest absolute Gasteiger partial charge is 0.342 e. The molecule has 1 aromatic heterocycles. The van der Waals surface area contributed by atoms with E-state index in [4.69, 9.17) is 23.8 Å². The Morgan fingerprint density at radius 3 is 2.74 bits per heavy atom. The van der Waals surface area contributed by atoms with Crippen molar-refractivity contribution in [2.45, 2.75) is 11.4 Å². The monoisotopic (exact) mass is 414 g/mol. The number of aromatic nitrogens is 1. The molecular formula is C20H19ClN4S2. The SMILES string of the molecule is CSc1ccccc1NC(=S)NN=Cc1cccn1Cc1ccccc1Cl. The van der Waals surface area contributed by atoms with Crippen molar-refractivity contribution in [2.24, 2.45) is 5.10 Å². The van der Waals surface area contributed by atoms with Gasteiger partial charge in [-0.05, 0) is 54.4 Å². The van der Waals surface area contributed by atoms with Crippen LogP contribution in [0.4, 0.5) is 5.69 Å². The van der Waals surface area contributed by atoms with Crippen LogP contribution in [0, 0.1) is 0 Å². The van der Waals surface area contributed by atoms with Crippen molar-refractivity contribution in [3.63, 3.8) is 0 Å². The maximum atomic E-state index is 6.25. The Labute approximate surface area is 173 Å². The second-order valence-corrected chi connectivity index (χ2v) is 7.34. The van der Waals surface area contributed by atoms with Crippen molar-refractivity contribution in [1.29, 1.82) is 0 Å². The highest BCUT2D eigenvalue weighted by Gasteiger charge is 2.04. The molecule has 0 fully saturated rings. The van der Waals surface area contributed by atoms with Crippen LogP contribution >= 0.6 is 35.6 Å². The Kier molecular flexibility index (Phi) is 6.92. The molecule has 0 aliphatic carbocycles. The van der Waals surface area contributed by atoms with E-state index in [1.54, 1.807) is 18.0 Å². The van der Waals surface area contributed by atoms with E-state index in [1.807, 2.05) is 73.1 Å². The molecule has 0 bridgehead atoms. The summed E-state index contributed by atoms with van der Waals surface area (Å²) < 4.78 is 2.08. The van der Waals surface area contributed by atoms with Gasteiger partial charge in [0.2, 0.25) is 0 Å². The molecule has 2 N–H and O–H groups in total. The van der Waals surface area contributed by atoms with Crippen LogP contribution in [0.25, 0.3) is 0 Å². The van der Waals surface area contributed by atoms with E-state index in [9.17, 15) is 0 Å². The zero-order chi connectivity index (χ0) is 19.1. The average Bonchev–Trinajstić information content (AvgIpc) is 3.11. The fourth-order valence-electron chi connectivity index (χ4n) is 2.55. The zero-order valence-corrected chi connectivity index (χ0v) is 17.1. The Morgan fingerprint density at radius 1 is 1.15 bits per heavy atom. The Morgan fingerprint density at radius 2 is 1.93 bits per heavy atom. The van der Waals surface area contributed by atoms with Crippen LogP contribution in [-0.2, 0) is 6.54 Å². The first-order valence-corrected chi connectivity index (χ1v) is 10.3. The Hall–Kier alpha value is -2.28. The molecule has 0 radical (unpaired) electrons. The van der Waals surface area contributed by atoms with E-state index < -0.39 is 0 Å². The molecule has 0 saturated heterocycles. The smallest absolute Gasteiger partial charge is 0.191 e. The van der Waals surface area contributed by atoms with Crippen molar-refractivity contribution < 1.29 is 0 Å². The van der Waals surface area contributed by atoms with Crippen LogP contribution in [0.15, 0.2) is 76.9 Å². The second-order valence-electron chi connectivity index (χ2n) is 5.68. The summed E-state index contributed by atoms with van der Waals surface area (Å²) in [5.41, 5.74) is 5.84. The molecule has 0 aliphatic heterocycles. The third-order valence-corrected chi connectivity index (χ3v) is 5.24. The predicted octanol–water partition coefficient (Wildman–Crippen LogP) is 5.23. The molecule has 0 unspecified atom stereocenters. The molecule has 1 heterocycles. The van der Waals surface area contributed by atoms with Crippen LogP contribution in [0.5, 0.6) is 0 Å². The molecule has 4 nitrogen and oxygen atoms in total. The first-order chi connectivity index (χ1) is 13.2. The van der Waals surface area contributed by atoms with E-state index in [-0.39, 0.29) is 0 Å². The summed E-state index contributed by atoms with van der Waals surface area (Å²) in [7, 11) is 0. The maximum Gasteiger partial charge on any atom is 0.191 e. The van der Waals surface area contributed by atoms with E-state index in [0.717, 1.165) is 26.9 Å². The van der Waals surface area contributed by atoms with Gasteiger partial charge in [-0.25, -0.2) is 0 Å². The van der Waals surface area contributed by atoms with E-state index >= 15 is 0 Å². The van der Waals surface area contributed by atoms with E-state index in [1.165, 1.54) is 0 Å². The van der Waals surface area contributed by atoms with Crippen molar-refractivity contribution in [1.82, 2.24) is 9.99 Å². The first kappa shape index (κ1) is 19.5. The number of halogens is 1. The van der Waals surface area contributed by atoms with Gasteiger partial charge in [-0.2, -0.15) is 5.10 Å². The lowest BCUT2D eigenvalue weighted by molar-refractivity contribution is 0.799. The number of hydrazone groups is 1. The zero-order valence-electron chi connectivity index (χ0n) is 14.7. The maximum absolute atomic E-state index is 6.25. The molecule has 0 atom stereocenters. The van der Waals surface area contributed by atoms with Gasteiger partial charge in [0, 0.05) is 22.7 Å². The highest BCUT2D eigenvalue weighted by Crippen LogP contribution is 2.24. The minimum atomic E-state index is 0.442. The third-order valence-electron chi connectivity index (χ3n) is 3.88. The third kappa shape index (κ3) is 5.35. The molecule has 138 valence electrons. The topological polar surface area (TPSA) is 41.4 Å². The van der Waals surface area contributed by atoms with Crippen LogP contribution in [0.1, 0.15) is 11.3 Å². The molecule has 27 heavy (non-hydrogen) atoms. The predicted molar refractivity (Wildman–Crippen MR) is 120 cm³/mol. The van der Waals surface area contributed by atoms with Gasteiger partial charge in [0.05, 0.1) is 17.6 Å². The van der Waals surface area contributed by atoms with Crippen molar-refractivity contribution in [3.05, 3.63) is 83.1 Å². The molecule has 3 rings (SSSR count). The van der Waals surface area contributed by atoms with Gasteiger partial charge in [0.25, 0.3) is 0 Å². The van der Waals surface area contributed by atoms with Crippen LogP contribution in [0.2, 0.25) is 5.02 Å². The van der Waals surface area contributed by atoms with Gasteiger partial charge in [-0.3, -0.25) is 5.43 Å². The molecule has 2 aromatic carbocycles. The number of para-hydroxylation sites is 1. The van der Waals surface area contributed by atoms with Gasteiger partial charge in [-0.15, -0.1) is 11.8 Å². The Balaban J connectivity index is 1.61. The molecule has 0 saturated carbocycles. The number of hydrogen-bond acceptors (Lipinski definition) is 3. The Bertz CT molecular complexity index is 952. The molecule has 0 spiro atoms. The summed E-state index contributed by atoms with van der Waals surface area (Å²) in [5.74, 6) is 0. The highest BCUT2D eigenvalue weighted by molar-refractivity contribution is 7.98. The number of nitrogens with zero attached hydrogens (tertiary/aromatic N) is 2. The minimum Gasteiger partial charge on any atom is -0.342 e. The van der Waals surface area contributed by atoms with Gasteiger partial charge in [0.15, 0.2) is 5.11 Å². The first-order valence-electron chi connectivity index (χ1n) is 8.29. The van der Waals surface area contributed by atoms with Gasteiger partial charge < -0.3 is 9.88 Å². The minimum absolute atomic E-state index is 0.442. The number of rotatable bonds is 6. The number of thioether (sulfide) groups is 1. The van der Waals surface area contributed by atoms with E-state index in [2.05, 4.69) is 20.4 Å². The standard InChI is InChI=1S/C20H19ClN4S2/c1-27-19-11-5-4-10-18(19)23-20(26)24-22-13-16-8-6-12-25(16)14-15-7-2-3-9-17(15)21/h2-13H,14H2,1H3,(H2,23,24,26). The van der Waals surface area contributed by atoms with Crippen LogP contribution < -0.4 is 10.7 Å².